The monoisotopic (exact) mass is 369 g/mol. The van der Waals surface area contributed by atoms with Crippen molar-refractivity contribution >= 4 is 11.8 Å². The summed E-state index contributed by atoms with van der Waals surface area (Å²) in [6, 6.07) is 4.31. The van der Waals surface area contributed by atoms with Crippen LogP contribution in [0.3, 0.4) is 0 Å². The lowest BCUT2D eigenvalue weighted by Gasteiger charge is -2.23. The lowest BCUT2D eigenvalue weighted by molar-refractivity contribution is 0.0767. The van der Waals surface area contributed by atoms with Crippen molar-refractivity contribution in [2.24, 2.45) is 16.8 Å². The summed E-state index contributed by atoms with van der Waals surface area (Å²) >= 11 is 0. The van der Waals surface area contributed by atoms with Gasteiger partial charge in [-0.05, 0) is 50.3 Å². The highest BCUT2D eigenvalue weighted by molar-refractivity contribution is 5.80. The van der Waals surface area contributed by atoms with Gasteiger partial charge in [0.1, 0.15) is 5.82 Å². The van der Waals surface area contributed by atoms with Crippen LogP contribution in [0.5, 0.6) is 0 Å². The normalized spacial score (nSPS) is 32.4. The van der Waals surface area contributed by atoms with E-state index in [1.807, 2.05) is 6.20 Å². The number of pyridine rings is 1. The number of nitrogens with zero attached hydrogens (tertiary/aromatic N) is 4. The molecular formula is C21H31N5O. The third kappa shape index (κ3) is 3.28. The molecule has 1 N–H and O–H groups in total. The molecule has 1 aromatic rings. The fraction of sp³-hybridized carbons (Fsp3) is 0.714. The molecule has 0 amide bonds. The molecule has 2 bridgehead atoms. The highest BCUT2D eigenvalue weighted by Crippen LogP contribution is 2.47. The van der Waals surface area contributed by atoms with Crippen LogP contribution in [0.15, 0.2) is 23.3 Å². The minimum absolute atomic E-state index is 0.496. The minimum atomic E-state index is 0.496. The van der Waals surface area contributed by atoms with Gasteiger partial charge < -0.3 is 19.9 Å². The molecule has 6 heteroatoms. The molecule has 4 atom stereocenters. The Bertz CT molecular complexity index is 684. The summed E-state index contributed by atoms with van der Waals surface area (Å²) in [5.74, 6) is 3.58. The Morgan fingerprint density at radius 1 is 1.22 bits per heavy atom. The van der Waals surface area contributed by atoms with E-state index in [0.29, 0.717) is 30.6 Å². The Morgan fingerprint density at radius 2 is 1.96 bits per heavy atom. The molecule has 0 aliphatic carbocycles. The number of hydrogen-bond acceptors (Lipinski definition) is 4. The molecule has 6 nitrogen and oxygen atoms in total. The number of guanidine groups is 1. The van der Waals surface area contributed by atoms with Gasteiger partial charge in [-0.1, -0.05) is 0 Å². The fourth-order valence-corrected chi connectivity index (χ4v) is 5.40. The summed E-state index contributed by atoms with van der Waals surface area (Å²) in [7, 11) is 0. The quantitative estimate of drug-likeness (QED) is 0.652. The zero-order valence-electron chi connectivity index (χ0n) is 16.3. The lowest BCUT2D eigenvalue weighted by Crippen LogP contribution is -2.41. The van der Waals surface area contributed by atoms with Crippen molar-refractivity contribution in [3.8, 4) is 0 Å². The van der Waals surface area contributed by atoms with E-state index in [9.17, 15) is 0 Å². The highest BCUT2D eigenvalue weighted by Gasteiger charge is 2.53. The number of fused-ring (bicyclic) bond motifs is 5. The van der Waals surface area contributed by atoms with Crippen molar-refractivity contribution in [1.29, 1.82) is 0 Å². The van der Waals surface area contributed by atoms with Gasteiger partial charge in [0.2, 0.25) is 0 Å². The summed E-state index contributed by atoms with van der Waals surface area (Å²) < 4.78 is 6.12. The van der Waals surface area contributed by atoms with E-state index >= 15 is 0 Å². The molecule has 4 unspecified atom stereocenters. The number of likely N-dealkylation sites (tertiary alicyclic amines) is 1. The molecular weight excluding hydrogens is 338 g/mol. The standard InChI is InChI=1S/C21H31N5O/c1-2-22-21(26-13-16-17(14-26)19-6-5-18(16)27-19)24-12-15-7-8-23-20(11-15)25-9-3-4-10-25/h7-8,11,16-19H,2-6,9-10,12-14H2,1H3,(H,22,24). The number of aromatic nitrogens is 1. The number of aliphatic imine (C=N–C) groups is 1. The lowest BCUT2D eigenvalue weighted by atomic mass is 9.82. The van der Waals surface area contributed by atoms with Crippen LogP contribution >= 0.6 is 0 Å². The zero-order valence-corrected chi connectivity index (χ0v) is 16.3. The van der Waals surface area contributed by atoms with Crippen LogP contribution in [0.4, 0.5) is 5.82 Å². The minimum Gasteiger partial charge on any atom is -0.374 e. The first-order valence-corrected chi connectivity index (χ1v) is 10.7. The topological polar surface area (TPSA) is 53.0 Å². The van der Waals surface area contributed by atoms with Gasteiger partial charge >= 0.3 is 0 Å². The predicted molar refractivity (Wildman–Crippen MR) is 107 cm³/mol. The van der Waals surface area contributed by atoms with Crippen molar-refractivity contribution < 1.29 is 4.74 Å². The van der Waals surface area contributed by atoms with Gasteiger partial charge in [-0.15, -0.1) is 0 Å². The van der Waals surface area contributed by atoms with Gasteiger partial charge in [0, 0.05) is 50.8 Å². The number of rotatable bonds is 4. The molecule has 4 saturated heterocycles. The Hall–Kier alpha value is -1.82. The van der Waals surface area contributed by atoms with E-state index < -0.39 is 0 Å². The van der Waals surface area contributed by atoms with Gasteiger partial charge in [0.25, 0.3) is 0 Å². The fourth-order valence-electron chi connectivity index (χ4n) is 5.40. The van der Waals surface area contributed by atoms with Crippen LogP contribution < -0.4 is 10.2 Å². The Morgan fingerprint density at radius 3 is 2.67 bits per heavy atom. The van der Waals surface area contributed by atoms with Gasteiger partial charge in [-0.25, -0.2) is 9.98 Å². The molecule has 0 aromatic carbocycles. The van der Waals surface area contributed by atoms with E-state index in [-0.39, 0.29) is 0 Å². The second-order valence-corrected chi connectivity index (χ2v) is 8.41. The summed E-state index contributed by atoms with van der Waals surface area (Å²) in [6.45, 7) is 8.20. The van der Waals surface area contributed by atoms with Crippen molar-refractivity contribution in [2.45, 2.75) is 51.4 Å². The molecule has 5 rings (SSSR count). The Balaban J connectivity index is 1.28. The molecule has 0 saturated carbocycles. The summed E-state index contributed by atoms with van der Waals surface area (Å²) in [4.78, 5) is 14.4. The average Bonchev–Trinajstić information content (AvgIpc) is 3.47. The van der Waals surface area contributed by atoms with E-state index in [2.05, 4.69) is 39.2 Å². The summed E-state index contributed by atoms with van der Waals surface area (Å²) in [5.41, 5.74) is 1.24. The zero-order chi connectivity index (χ0) is 18.2. The molecule has 5 heterocycles. The van der Waals surface area contributed by atoms with Crippen LogP contribution in [0, 0.1) is 11.8 Å². The van der Waals surface area contributed by atoms with E-state index in [1.165, 1.54) is 31.2 Å². The smallest absolute Gasteiger partial charge is 0.194 e. The first-order chi connectivity index (χ1) is 13.3. The van der Waals surface area contributed by atoms with Crippen molar-refractivity contribution in [3.63, 3.8) is 0 Å². The van der Waals surface area contributed by atoms with Crippen LogP contribution in [-0.2, 0) is 11.3 Å². The predicted octanol–water partition coefficient (Wildman–Crippen LogP) is 2.26. The molecule has 0 spiro atoms. The average molecular weight is 370 g/mol. The molecule has 146 valence electrons. The van der Waals surface area contributed by atoms with Crippen LogP contribution in [0.2, 0.25) is 0 Å². The van der Waals surface area contributed by atoms with E-state index in [1.54, 1.807) is 0 Å². The molecule has 4 aliphatic heterocycles. The first kappa shape index (κ1) is 17.3. The van der Waals surface area contributed by atoms with Gasteiger partial charge in [-0.2, -0.15) is 0 Å². The van der Waals surface area contributed by atoms with Crippen molar-refractivity contribution in [3.05, 3.63) is 23.9 Å². The molecule has 1 aromatic heterocycles. The second kappa shape index (κ2) is 7.30. The largest absolute Gasteiger partial charge is 0.374 e. The van der Waals surface area contributed by atoms with Crippen molar-refractivity contribution in [2.75, 3.05) is 37.6 Å². The third-order valence-corrected chi connectivity index (χ3v) is 6.74. The van der Waals surface area contributed by atoms with Crippen LogP contribution in [0.25, 0.3) is 0 Å². The molecule has 0 radical (unpaired) electrons. The Labute approximate surface area is 162 Å². The molecule has 4 aliphatic rings. The van der Waals surface area contributed by atoms with Gasteiger partial charge in [0.15, 0.2) is 5.96 Å². The van der Waals surface area contributed by atoms with Gasteiger partial charge in [0.05, 0.1) is 18.8 Å². The van der Waals surface area contributed by atoms with E-state index in [0.717, 1.165) is 44.5 Å². The van der Waals surface area contributed by atoms with Gasteiger partial charge in [-0.3, -0.25) is 0 Å². The number of nitrogens with one attached hydrogen (secondary N) is 1. The van der Waals surface area contributed by atoms with Crippen molar-refractivity contribution in [1.82, 2.24) is 15.2 Å². The first-order valence-electron chi connectivity index (χ1n) is 10.7. The maximum atomic E-state index is 6.12. The van der Waals surface area contributed by atoms with Crippen LogP contribution in [-0.4, -0.2) is 60.8 Å². The summed E-state index contributed by atoms with van der Waals surface area (Å²) in [6.07, 6.45) is 7.98. The highest BCUT2D eigenvalue weighted by atomic mass is 16.5. The number of hydrogen-bond donors (Lipinski definition) is 1. The van der Waals surface area contributed by atoms with E-state index in [4.69, 9.17) is 9.73 Å². The maximum absolute atomic E-state index is 6.12. The molecule has 4 fully saturated rings. The number of anilines is 1. The Kier molecular flexibility index (Phi) is 4.68. The molecule has 27 heavy (non-hydrogen) atoms. The second-order valence-electron chi connectivity index (χ2n) is 8.41. The SMILES string of the molecule is CCNC(=NCc1ccnc(N2CCCC2)c1)N1CC2C3CCC(O3)C2C1. The number of ether oxygens (including phenoxy) is 1. The van der Waals surface area contributed by atoms with Crippen LogP contribution in [0.1, 0.15) is 38.2 Å². The summed E-state index contributed by atoms with van der Waals surface area (Å²) in [5, 5.41) is 3.51. The third-order valence-electron chi connectivity index (χ3n) is 6.74. The maximum Gasteiger partial charge on any atom is 0.194 e.